The summed E-state index contributed by atoms with van der Waals surface area (Å²) in [6.45, 7) is 1.45. The largest absolute Gasteiger partial charge is 0.451 e. The summed E-state index contributed by atoms with van der Waals surface area (Å²) in [6.07, 6.45) is 1.64. The van der Waals surface area contributed by atoms with Gasteiger partial charge in [0.15, 0.2) is 9.87 Å². The summed E-state index contributed by atoms with van der Waals surface area (Å²) >= 11 is 2.01. The van der Waals surface area contributed by atoms with Gasteiger partial charge in [-0.05, 0) is 72.0 Å². The maximum atomic E-state index is 12.0. The summed E-state index contributed by atoms with van der Waals surface area (Å²) in [6, 6.07) is 9.50. The molecule has 1 heterocycles. The molecule has 1 unspecified atom stereocenters. The fourth-order valence-corrected chi connectivity index (χ4v) is 2.23. The highest BCUT2D eigenvalue weighted by Crippen LogP contribution is 2.12. The number of halogens is 1. The van der Waals surface area contributed by atoms with Crippen LogP contribution in [0.4, 0.5) is 5.69 Å². The van der Waals surface area contributed by atoms with Crippen LogP contribution in [-0.2, 0) is 14.3 Å². The highest BCUT2D eigenvalue weighted by molar-refractivity contribution is 14.1. The molecule has 130 valence electrons. The average Bonchev–Trinajstić information content (AvgIpc) is 2.99. The molecule has 1 atom stereocenters. The van der Waals surface area contributed by atoms with Gasteiger partial charge in [-0.15, -0.1) is 0 Å². The molecule has 2 aromatic rings. The molecule has 0 aliphatic carbocycles. The van der Waals surface area contributed by atoms with E-state index in [-0.39, 0.29) is 0 Å². The lowest BCUT2D eigenvalue weighted by molar-refractivity contribution is -0.148. The van der Waals surface area contributed by atoms with Crippen LogP contribution in [0, 0.1) is 3.77 Å². The number of amides is 2. The van der Waals surface area contributed by atoms with Crippen LogP contribution >= 0.6 is 22.6 Å². The molecule has 0 radical (unpaired) electrons. The topological polar surface area (TPSA) is 112 Å². The SMILES string of the molecule is CC(OC(=O)/C=C/c1ccc(I)o1)C(=O)Nc1ccc(C(N)=O)cc1. The first kappa shape index (κ1) is 18.7. The monoisotopic (exact) mass is 454 g/mol. The second kappa shape index (κ2) is 8.47. The quantitative estimate of drug-likeness (QED) is 0.396. The number of rotatable bonds is 6. The van der Waals surface area contributed by atoms with E-state index in [0.717, 1.165) is 0 Å². The van der Waals surface area contributed by atoms with Gasteiger partial charge in [-0.25, -0.2) is 4.79 Å². The predicted molar refractivity (Wildman–Crippen MR) is 99.6 cm³/mol. The lowest BCUT2D eigenvalue weighted by Crippen LogP contribution is -2.29. The van der Waals surface area contributed by atoms with Gasteiger partial charge in [0.1, 0.15) is 5.76 Å². The van der Waals surface area contributed by atoms with E-state index in [2.05, 4.69) is 5.32 Å². The van der Waals surface area contributed by atoms with Crippen molar-refractivity contribution in [3.05, 3.63) is 57.6 Å². The molecule has 0 fully saturated rings. The first-order valence-electron chi connectivity index (χ1n) is 7.20. The molecule has 0 saturated heterocycles. The first-order chi connectivity index (χ1) is 11.8. The highest BCUT2D eigenvalue weighted by Gasteiger charge is 2.16. The number of benzene rings is 1. The van der Waals surface area contributed by atoms with E-state index in [9.17, 15) is 14.4 Å². The van der Waals surface area contributed by atoms with E-state index in [1.807, 2.05) is 22.6 Å². The fraction of sp³-hybridized carbons (Fsp3) is 0.118. The lowest BCUT2D eigenvalue weighted by Gasteiger charge is -2.12. The Bertz CT molecular complexity index is 811. The molecule has 0 aliphatic heterocycles. The van der Waals surface area contributed by atoms with Crippen LogP contribution in [0.25, 0.3) is 6.08 Å². The van der Waals surface area contributed by atoms with Crippen molar-refractivity contribution < 1.29 is 23.5 Å². The molecular weight excluding hydrogens is 439 g/mol. The van der Waals surface area contributed by atoms with Crippen LogP contribution < -0.4 is 11.1 Å². The van der Waals surface area contributed by atoms with Gasteiger partial charge < -0.3 is 20.2 Å². The van der Waals surface area contributed by atoms with Gasteiger partial charge in [-0.2, -0.15) is 0 Å². The van der Waals surface area contributed by atoms with E-state index in [4.69, 9.17) is 14.9 Å². The van der Waals surface area contributed by atoms with Crippen LogP contribution in [-0.4, -0.2) is 23.9 Å². The second-order valence-corrected chi connectivity index (χ2v) is 6.05. The number of hydrogen-bond donors (Lipinski definition) is 2. The number of carbonyl (C=O) groups is 3. The highest BCUT2D eigenvalue weighted by atomic mass is 127. The van der Waals surface area contributed by atoms with Gasteiger partial charge in [-0.1, -0.05) is 0 Å². The van der Waals surface area contributed by atoms with E-state index in [1.165, 1.54) is 43.3 Å². The normalized spacial score (nSPS) is 11.9. The standard InChI is InChI=1S/C17H15IN2O5/c1-10(24-15(21)9-7-13-6-8-14(18)25-13)17(23)20-12-4-2-11(3-5-12)16(19)22/h2-10H,1H3,(H2,19,22)(H,20,23)/b9-7+. The van der Waals surface area contributed by atoms with Crippen LogP contribution in [0.5, 0.6) is 0 Å². The minimum atomic E-state index is -0.996. The molecule has 7 nitrogen and oxygen atoms in total. The molecule has 0 bridgehead atoms. The zero-order valence-corrected chi connectivity index (χ0v) is 15.4. The zero-order chi connectivity index (χ0) is 18.4. The Labute approximate surface area is 157 Å². The van der Waals surface area contributed by atoms with E-state index >= 15 is 0 Å². The molecule has 0 saturated carbocycles. The number of carbonyl (C=O) groups excluding carboxylic acids is 3. The van der Waals surface area contributed by atoms with E-state index in [1.54, 1.807) is 12.1 Å². The van der Waals surface area contributed by atoms with Crippen LogP contribution in [0.2, 0.25) is 0 Å². The van der Waals surface area contributed by atoms with Crippen LogP contribution in [0.3, 0.4) is 0 Å². The third-order valence-electron chi connectivity index (χ3n) is 3.08. The van der Waals surface area contributed by atoms with Crippen molar-refractivity contribution in [2.24, 2.45) is 5.73 Å². The predicted octanol–water partition coefficient (Wildman–Crippen LogP) is 2.57. The van der Waals surface area contributed by atoms with Gasteiger partial charge in [-0.3, -0.25) is 9.59 Å². The van der Waals surface area contributed by atoms with Gasteiger partial charge in [0.25, 0.3) is 5.91 Å². The summed E-state index contributed by atoms with van der Waals surface area (Å²) in [5.74, 6) is -1.22. The number of nitrogens with two attached hydrogens (primary N) is 1. The average molecular weight is 454 g/mol. The summed E-state index contributed by atoms with van der Waals surface area (Å²) in [7, 11) is 0. The van der Waals surface area contributed by atoms with Crippen molar-refractivity contribution in [3.63, 3.8) is 0 Å². The number of primary amides is 1. The third-order valence-corrected chi connectivity index (χ3v) is 3.66. The van der Waals surface area contributed by atoms with E-state index in [0.29, 0.717) is 20.8 Å². The van der Waals surface area contributed by atoms with Gasteiger partial charge in [0.2, 0.25) is 5.91 Å². The Hall–Kier alpha value is -2.62. The summed E-state index contributed by atoms with van der Waals surface area (Å²) < 4.78 is 11.0. The number of anilines is 1. The maximum Gasteiger partial charge on any atom is 0.331 e. The minimum absolute atomic E-state index is 0.329. The Morgan fingerprint density at radius 3 is 2.44 bits per heavy atom. The van der Waals surface area contributed by atoms with Crippen molar-refractivity contribution in [3.8, 4) is 0 Å². The van der Waals surface area contributed by atoms with E-state index < -0.39 is 23.9 Å². The molecule has 0 spiro atoms. The Balaban J connectivity index is 1.87. The van der Waals surface area contributed by atoms with Crippen molar-refractivity contribution in [1.29, 1.82) is 0 Å². The van der Waals surface area contributed by atoms with Crippen molar-refractivity contribution in [2.75, 3.05) is 5.32 Å². The van der Waals surface area contributed by atoms with Crippen molar-refractivity contribution >= 4 is 52.1 Å². The van der Waals surface area contributed by atoms with Crippen molar-refractivity contribution in [1.82, 2.24) is 0 Å². The minimum Gasteiger partial charge on any atom is -0.451 e. The number of hydrogen-bond acceptors (Lipinski definition) is 5. The molecule has 1 aromatic carbocycles. The Kier molecular flexibility index (Phi) is 6.34. The molecule has 25 heavy (non-hydrogen) atoms. The third kappa shape index (κ3) is 5.75. The summed E-state index contributed by atoms with van der Waals surface area (Å²) in [5.41, 5.74) is 5.93. The van der Waals surface area contributed by atoms with Gasteiger partial charge in [0.05, 0.1) is 0 Å². The number of nitrogens with one attached hydrogen (secondary N) is 1. The maximum absolute atomic E-state index is 12.0. The summed E-state index contributed by atoms with van der Waals surface area (Å²) in [4.78, 5) is 34.7. The molecule has 2 rings (SSSR count). The number of esters is 1. The number of ether oxygens (including phenoxy) is 1. The Morgan fingerprint density at radius 1 is 1.20 bits per heavy atom. The molecule has 2 amide bonds. The molecule has 3 N–H and O–H groups in total. The first-order valence-corrected chi connectivity index (χ1v) is 8.28. The second-order valence-electron chi connectivity index (χ2n) is 4.99. The molecule has 1 aromatic heterocycles. The molecule has 0 aliphatic rings. The zero-order valence-electron chi connectivity index (χ0n) is 13.2. The number of furan rings is 1. The Morgan fingerprint density at radius 2 is 1.88 bits per heavy atom. The molecular formula is C17H15IN2O5. The molecule has 8 heteroatoms. The van der Waals surface area contributed by atoms with Crippen molar-refractivity contribution in [2.45, 2.75) is 13.0 Å². The van der Waals surface area contributed by atoms with Crippen LogP contribution in [0.1, 0.15) is 23.0 Å². The summed E-state index contributed by atoms with van der Waals surface area (Å²) in [5, 5.41) is 2.58. The van der Waals surface area contributed by atoms with Gasteiger partial charge in [0, 0.05) is 17.3 Å². The smallest absolute Gasteiger partial charge is 0.331 e. The fourth-order valence-electron chi connectivity index (χ4n) is 1.80. The van der Waals surface area contributed by atoms with Gasteiger partial charge >= 0.3 is 5.97 Å². The van der Waals surface area contributed by atoms with Crippen LogP contribution in [0.15, 0.2) is 46.9 Å². The lowest BCUT2D eigenvalue weighted by atomic mass is 10.2.